The predicted molar refractivity (Wildman–Crippen MR) is 93.1 cm³/mol. The van der Waals surface area contributed by atoms with E-state index in [4.69, 9.17) is 11.6 Å². The fourth-order valence-corrected chi connectivity index (χ4v) is 3.86. The Bertz CT molecular complexity index is 529. The van der Waals surface area contributed by atoms with E-state index in [1.165, 1.54) is 32.1 Å². The Morgan fingerprint density at radius 2 is 1.87 bits per heavy atom. The van der Waals surface area contributed by atoms with E-state index < -0.39 is 0 Å². The van der Waals surface area contributed by atoms with Crippen molar-refractivity contribution in [2.75, 3.05) is 6.54 Å². The van der Waals surface area contributed by atoms with Crippen LogP contribution >= 0.6 is 11.6 Å². The molecule has 1 amide bonds. The fourth-order valence-electron chi connectivity index (χ4n) is 3.67. The topological polar surface area (TPSA) is 53.2 Å². The molecule has 2 fully saturated rings. The predicted octanol–water partition coefficient (Wildman–Crippen LogP) is 3.33. The van der Waals surface area contributed by atoms with Crippen molar-refractivity contribution in [1.29, 1.82) is 0 Å². The summed E-state index contributed by atoms with van der Waals surface area (Å²) in [5.41, 5.74) is 7.40. The van der Waals surface area contributed by atoms with Crippen LogP contribution in [-0.2, 0) is 4.79 Å². The Labute approximate surface area is 143 Å². The van der Waals surface area contributed by atoms with Crippen LogP contribution in [0.5, 0.6) is 0 Å². The highest BCUT2D eigenvalue weighted by atomic mass is 35.5. The fraction of sp³-hybridized carbons (Fsp3) is 0.611. The molecule has 2 atom stereocenters. The van der Waals surface area contributed by atoms with E-state index in [1.54, 1.807) is 0 Å². The van der Waals surface area contributed by atoms with Crippen molar-refractivity contribution in [3.05, 3.63) is 34.9 Å². The van der Waals surface area contributed by atoms with Crippen molar-refractivity contribution in [1.82, 2.24) is 16.2 Å². The molecule has 1 aromatic rings. The quantitative estimate of drug-likeness (QED) is 0.794. The minimum Gasteiger partial charge on any atom is -0.353 e. The number of amides is 1. The Balaban J connectivity index is 1.63. The van der Waals surface area contributed by atoms with Gasteiger partial charge in [-0.25, -0.2) is 5.43 Å². The Morgan fingerprint density at radius 3 is 2.61 bits per heavy atom. The summed E-state index contributed by atoms with van der Waals surface area (Å²) in [4.78, 5) is 12.8. The molecule has 2 aliphatic rings. The average molecular weight is 336 g/mol. The van der Waals surface area contributed by atoms with Crippen LogP contribution in [0.2, 0.25) is 5.02 Å². The van der Waals surface area contributed by atoms with E-state index >= 15 is 0 Å². The van der Waals surface area contributed by atoms with E-state index in [-0.39, 0.29) is 17.9 Å². The average Bonchev–Trinajstić information content (AvgIpc) is 2.99. The second-order valence-electron chi connectivity index (χ2n) is 6.72. The lowest BCUT2D eigenvalue weighted by Crippen LogP contribution is -2.41. The lowest BCUT2D eigenvalue weighted by Gasteiger charge is -2.24. The number of benzene rings is 1. The molecule has 0 radical (unpaired) electrons. The number of carbonyl (C=O) groups excluding carboxylic acids is 1. The first-order valence-electron chi connectivity index (χ1n) is 8.78. The minimum atomic E-state index is -0.0982. The Hall–Kier alpha value is -1.10. The van der Waals surface area contributed by atoms with Gasteiger partial charge >= 0.3 is 0 Å². The van der Waals surface area contributed by atoms with Gasteiger partial charge in [-0.2, -0.15) is 0 Å². The molecule has 0 bridgehead atoms. The van der Waals surface area contributed by atoms with Crippen molar-refractivity contribution in [2.45, 2.75) is 57.0 Å². The molecule has 126 valence electrons. The number of nitrogens with one attached hydrogen (secondary N) is 3. The van der Waals surface area contributed by atoms with Gasteiger partial charge in [0.25, 0.3) is 0 Å². The van der Waals surface area contributed by atoms with E-state index in [0.29, 0.717) is 17.6 Å². The van der Waals surface area contributed by atoms with E-state index in [9.17, 15) is 4.79 Å². The van der Waals surface area contributed by atoms with Gasteiger partial charge in [-0.1, -0.05) is 55.8 Å². The zero-order valence-electron chi connectivity index (χ0n) is 13.5. The largest absolute Gasteiger partial charge is 0.353 e. The van der Waals surface area contributed by atoms with Crippen LogP contribution in [0.25, 0.3) is 0 Å². The van der Waals surface area contributed by atoms with E-state index in [1.807, 2.05) is 24.3 Å². The van der Waals surface area contributed by atoms with Crippen molar-refractivity contribution in [3.63, 3.8) is 0 Å². The van der Waals surface area contributed by atoms with Crippen LogP contribution in [0.3, 0.4) is 0 Å². The summed E-state index contributed by atoms with van der Waals surface area (Å²) in [5, 5.41) is 4.00. The van der Waals surface area contributed by atoms with Crippen molar-refractivity contribution < 1.29 is 4.79 Å². The number of rotatable bonds is 3. The number of hydrogen-bond acceptors (Lipinski definition) is 3. The molecule has 1 aliphatic heterocycles. The molecular weight excluding hydrogens is 310 g/mol. The van der Waals surface area contributed by atoms with Crippen molar-refractivity contribution >= 4 is 17.5 Å². The van der Waals surface area contributed by atoms with Crippen molar-refractivity contribution in [2.24, 2.45) is 5.92 Å². The number of halogens is 1. The minimum absolute atomic E-state index is 0.0257. The summed E-state index contributed by atoms with van der Waals surface area (Å²) in [7, 11) is 0. The smallest absolute Gasteiger partial charge is 0.226 e. The van der Waals surface area contributed by atoms with Gasteiger partial charge in [0.1, 0.15) is 0 Å². The molecule has 1 saturated carbocycles. The van der Waals surface area contributed by atoms with Crippen LogP contribution in [0.1, 0.15) is 56.6 Å². The second kappa shape index (κ2) is 8.13. The van der Waals surface area contributed by atoms with Gasteiger partial charge in [-0.15, -0.1) is 0 Å². The highest BCUT2D eigenvalue weighted by Crippen LogP contribution is 2.27. The zero-order valence-corrected chi connectivity index (χ0v) is 14.2. The van der Waals surface area contributed by atoms with Crippen LogP contribution < -0.4 is 16.2 Å². The third-order valence-electron chi connectivity index (χ3n) is 4.98. The summed E-state index contributed by atoms with van der Waals surface area (Å²) in [6.45, 7) is 0.649. The highest BCUT2D eigenvalue weighted by Gasteiger charge is 2.34. The number of hydrazine groups is 1. The van der Waals surface area contributed by atoms with Crippen LogP contribution in [0.4, 0.5) is 0 Å². The maximum Gasteiger partial charge on any atom is 0.226 e. The standard InChI is InChI=1S/C18H26ClN3O/c19-14-8-6-7-13(11-14)17-16(12-20-22-17)18(23)21-15-9-4-2-1-3-5-10-15/h6-8,11,15-17,20,22H,1-5,9-10,12H2,(H,21,23). The van der Waals surface area contributed by atoms with Gasteiger partial charge in [0.2, 0.25) is 5.91 Å². The SMILES string of the molecule is O=C(NC1CCCCCCC1)C1CNNC1c1cccc(Cl)c1. The monoisotopic (exact) mass is 335 g/mol. The lowest BCUT2D eigenvalue weighted by molar-refractivity contribution is -0.125. The first-order chi connectivity index (χ1) is 11.2. The summed E-state index contributed by atoms with van der Waals surface area (Å²) < 4.78 is 0. The molecule has 2 unspecified atom stereocenters. The van der Waals surface area contributed by atoms with Crippen LogP contribution in [0, 0.1) is 5.92 Å². The van der Waals surface area contributed by atoms with Gasteiger partial charge in [-0.3, -0.25) is 10.2 Å². The number of carbonyl (C=O) groups is 1. The molecule has 1 aliphatic carbocycles. The summed E-state index contributed by atoms with van der Waals surface area (Å²) in [6.07, 6.45) is 8.61. The lowest BCUT2D eigenvalue weighted by atomic mass is 9.92. The molecule has 1 saturated heterocycles. The van der Waals surface area contributed by atoms with E-state index in [2.05, 4.69) is 16.2 Å². The van der Waals surface area contributed by atoms with Crippen molar-refractivity contribution in [3.8, 4) is 0 Å². The Morgan fingerprint density at radius 1 is 1.13 bits per heavy atom. The summed E-state index contributed by atoms with van der Waals surface area (Å²) >= 11 is 6.09. The molecule has 3 N–H and O–H groups in total. The molecule has 5 heteroatoms. The molecule has 1 aromatic carbocycles. The molecule has 4 nitrogen and oxygen atoms in total. The normalized spacial score (nSPS) is 26.5. The molecule has 1 heterocycles. The zero-order chi connectivity index (χ0) is 16.1. The number of hydrogen-bond donors (Lipinski definition) is 3. The molecule has 23 heavy (non-hydrogen) atoms. The maximum absolute atomic E-state index is 12.8. The molecule has 0 aromatic heterocycles. The van der Waals surface area contributed by atoms with E-state index in [0.717, 1.165) is 18.4 Å². The highest BCUT2D eigenvalue weighted by molar-refractivity contribution is 6.30. The third kappa shape index (κ3) is 4.46. The molecular formula is C18H26ClN3O. The molecule has 3 rings (SSSR count). The Kier molecular flexibility index (Phi) is 5.92. The first-order valence-corrected chi connectivity index (χ1v) is 9.16. The van der Waals surface area contributed by atoms with Gasteiger partial charge in [0, 0.05) is 17.6 Å². The molecule has 0 spiro atoms. The second-order valence-corrected chi connectivity index (χ2v) is 7.15. The summed E-state index contributed by atoms with van der Waals surface area (Å²) in [6, 6.07) is 8.05. The summed E-state index contributed by atoms with van der Waals surface area (Å²) in [5.74, 6) is 0.0527. The van der Waals surface area contributed by atoms with Gasteiger partial charge in [-0.05, 0) is 30.5 Å². The third-order valence-corrected chi connectivity index (χ3v) is 5.21. The van der Waals surface area contributed by atoms with Gasteiger partial charge in [0.15, 0.2) is 0 Å². The van der Waals surface area contributed by atoms with Crippen LogP contribution in [0.15, 0.2) is 24.3 Å². The van der Waals surface area contributed by atoms with Gasteiger partial charge in [0.05, 0.1) is 12.0 Å². The first kappa shape index (κ1) is 16.7. The maximum atomic E-state index is 12.8. The van der Waals surface area contributed by atoms with Crippen LogP contribution in [-0.4, -0.2) is 18.5 Å². The van der Waals surface area contributed by atoms with Gasteiger partial charge < -0.3 is 5.32 Å².